The van der Waals surface area contributed by atoms with Crippen LogP contribution in [-0.2, 0) is 9.53 Å². The van der Waals surface area contributed by atoms with Crippen LogP contribution in [0.2, 0.25) is 0 Å². The van der Waals surface area contributed by atoms with Crippen molar-refractivity contribution >= 4 is 11.8 Å². The third kappa shape index (κ3) is 4.23. The van der Waals surface area contributed by atoms with E-state index < -0.39 is 0 Å². The van der Waals surface area contributed by atoms with E-state index >= 15 is 0 Å². The summed E-state index contributed by atoms with van der Waals surface area (Å²) < 4.78 is 7.22. The standard InChI is InChI=1S/C20H25N5O3/c26-19(15-22-11-13-28-14-12-22)23-7-9-24(10-8-23)20(27)17-1-3-18(4-2-17)25-6-5-21-16-25/h1-6,16H,7-15H2. The number of hydrogen-bond donors (Lipinski definition) is 0. The van der Waals surface area contributed by atoms with Crippen LogP contribution < -0.4 is 0 Å². The van der Waals surface area contributed by atoms with E-state index in [0.29, 0.717) is 51.5 Å². The molecule has 0 N–H and O–H groups in total. The second-order valence-electron chi connectivity index (χ2n) is 7.08. The molecule has 0 atom stereocenters. The summed E-state index contributed by atoms with van der Waals surface area (Å²) in [6.07, 6.45) is 5.31. The summed E-state index contributed by atoms with van der Waals surface area (Å²) in [6.45, 7) is 5.73. The maximum atomic E-state index is 12.8. The number of imidazole rings is 1. The van der Waals surface area contributed by atoms with E-state index in [1.165, 1.54) is 0 Å². The fourth-order valence-electron chi connectivity index (χ4n) is 3.58. The highest BCUT2D eigenvalue weighted by Crippen LogP contribution is 2.13. The Morgan fingerprint density at radius 2 is 1.61 bits per heavy atom. The van der Waals surface area contributed by atoms with Gasteiger partial charge in [-0.1, -0.05) is 0 Å². The molecule has 2 fully saturated rings. The average Bonchev–Trinajstić information content (AvgIpc) is 3.29. The molecule has 4 rings (SSSR count). The van der Waals surface area contributed by atoms with Crippen molar-refractivity contribution in [1.29, 1.82) is 0 Å². The minimum absolute atomic E-state index is 0.0115. The lowest BCUT2D eigenvalue weighted by Crippen LogP contribution is -2.53. The first-order chi connectivity index (χ1) is 13.7. The molecule has 2 aromatic rings. The molecule has 148 valence electrons. The number of aromatic nitrogens is 2. The SMILES string of the molecule is O=C(CN1CCOCC1)N1CCN(C(=O)c2ccc(-n3ccnc3)cc2)CC1. The third-order valence-corrected chi connectivity index (χ3v) is 5.30. The Morgan fingerprint density at radius 1 is 0.929 bits per heavy atom. The highest BCUT2D eigenvalue weighted by Gasteiger charge is 2.26. The van der Waals surface area contributed by atoms with Gasteiger partial charge in [-0.25, -0.2) is 4.98 Å². The number of rotatable bonds is 4. The second-order valence-corrected chi connectivity index (χ2v) is 7.08. The van der Waals surface area contributed by atoms with Crippen molar-refractivity contribution in [3.8, 4) is 5.69 Å². The van der Waals surface area contributed by atoms with E-state index in [1.807, 2.05) is 44.8 Å². The van der Waals surface area contributed by atoms with Gasteiger partial charge in [0.25, 0.3) is 5.91 Å². The van der Waals surface area contributed by atoms with Crippen molar-refractivity contribution in [3.05, 3.63) is 48.5 Å². The van der Waals surface area contributed by atoms with Gasteiger partial charge in [-0.2, -0.15) is 0 Å². The highest BCUT2D eigenvalue weighted by atomic mass is 16.5. The van der Waals surface area contributed by atoms with E-state index in [2.05, 4.69) is 9.88 Å². The minimum atomic E-state index is 0.0115. The zero-order valence-electron chi connectivity index (χ0n) is 15.9. The largest absolute Gasteiger partial charge is 0.379 e. The molecule has 1 aromatic heterocycles. The molecule has 0 bridgehead atoms. The van der Waals surface area contributed by atoms with E-state index in [1.54, 1.807) is 12.5 Å². The van der Waals surface area contributed by atoms with Crippen molar-refractivity contribution in [3.63, 3.8) is 0 Å². The summed E-state index contributed by atoms with van der Waals surface area (Å²) in [4.78, 5) is 35.1. The van der Waals surface area contributed by atoms with Gasteiger partial charge in [0.1, 0.15) is 0 Å². The summed E-state index contributed by atoms with van der Waals surface area (Å²) in [6, 6.07) is 7.51. The molecule has 8 heteroatoms. The number of piperazine rings is 1. The number of ether oxygens (including phenoxy) is 1. The molecule has 8 nitrogen and oxygen atoms in total. The summed E-state index contributed by atoms with van der Waals surface area (Å²) in [5.41, 5.74) is 1.63. The predicted octanol–water partition coefficient (Wildman–Crippen LogP) is 0.489. The predicted molar refractivity (Wildman–Crippen MR) is 103 cm³/mol. The number of carbonyl (C=O) groups excluding carboxylic acids is 2. The average molecular weight is 383 g/mol. The van der Waals surface area contributed by atoms with Crippen LogP contribution in [0.5, 0.6) is 0 Å². The van der Waals surface area contributed by atoms with Crippen molar-refractivity contribution in [1.82, 2.24) is 24.3 Å². The third-order valence-electron chi connectivity index (χ3n) is 5.30. The first kappa shape index (κ1) is 18.6. The van der Waals surface area contributed by atoms with Gasteiger partial charge in [0.2, 0.25) is 5.91 Å². The van der Waals surface area contributed by atoms with Crippen LogP contribution in [0.1, 0.15) is 10.4 Å². The maximum absolute atomic E-state index is 12.8. The van der Waals surface area contributed by atoms with Crippen molar-refractivity contribution in [2.75, 3.05) is 59.0 Å². The number of amides is 2. The molecule has 0 aliphatic carbocycles. The summed E-state index contributed by atoms with van der Waals surface area (Å²) in [5, 5.41) is 0. The van der Waals surface area contributed by atoms with Crippen LogP contribution in [0.15, 0.2) is 43.0 Å². The molecule has 28 heavy (non-hydrogen) atoms. The van der Waals surface area contributed by atoms with Gasteiger partial charge < -0.3 is 19.1 Å². The number of nitrogens with zero attached hydrogens (tertiary/aromatic N) is 5. The molecule has 0 spiro atoms. The Bertz CT molecular complexity index is 792. The van der Waals surface area contributed by atoms with E-state index in [4.69, 9.17) is 4.74 Å². The van der Waals surface area contributed by atoms with Gasteiger partial charge in [-0.3, -0.25) is 14.5 Å². The van der Waals surface area contributed by atoms with Gasteiger partial charge in [0.05, 0.1) is 26.1 Å². The molecule has 2 aliphatic rings. The molecule has 0 radical (unpaired) electrons. The molecular formula is C20H25N5O3. The first-order valence-electron chi connectivity index (χ1n) is 9.66. The number of hydrogen-bond acceptors (Lipinski definition) is 5. The lowest BCUT2D eigenvalue weighted by Gasteiger charge is -2.36. The van der Waals surface area contributed by atoms with Crippen molar-refractivity contribution in [2.24, 2.45) is 0 Å². The minimum Gasteiger partial charge on any atom is -0.379 e. The van der Waals surface area contributed by atoms with E-state index in [-0.39, 0.29) is 11.8 Å². The highest BCUT2D eigenvalue weighted by molar-refractivity contribution is 5.94. The Morgan fingerprint density at radius 3 is 2.25 bits per heavy atom. The van der Waals surface area contributed by atoms with Gasteiger partial charge in [-0.15, -0.1) is 0 Å². The fraction of sp³-hybridized carbons (Fsp3) is 0.450. The van der Waals surface area contributed by atoms with Crippen LogP contribution >= 0.6 is 0 Å². The monoisotopic (exact) mass is 383 g/mol. The molecule has 3 heterocycles. The molecular weight excluding hydrogens is 358 g/mol. The van der Waals surface area contributed by atoms with Gasteiger partial charge >= 0.3 is 0 Å². The summed E-state index contributed by atoms with van der Waals surface area (Å²) in [7, 11) is 0. The first-order valence-corrected chi connectivity index (χ1v) is 9.66. The van der Waals surface area contributed by atoms with E-state index in [9.17, 15) is 9.59 Å². The van der Waals surface area contributed by atoms with Crippen LogP contribution in [0.3, 0.4) is 0 Å². The Balaban J connectivity index is 1.29. The van der Waals surface area contributed by atoms with Crippen LogP contribution in [0.25, 0.3) is 5.69 Å². The lowest BCUT2D eigenvalue weighted by molar-refractivity contribution is -0.134. The summed E-state index contributed by atoms with van der Waals surface area (Å²) in [5.74, 6) is 0.149. The quantitative estimate of drug-likeness (QED) is 0.769. The van der Waals surface area contributed by atoms with Gasteiger partial charge in [0, 0.05) is 62.9 Å². The maximum Gasteiger partial charge on any atom is 0.253 e. The second kappa shape index (κ2) is 8.53. The Hall–Kier alpha value is -2.71. The van der Waals surface area contributed by atoms with Gasteiger partial charge in [-0.05, 0) is 24.3 Å². The van der Waals surface area contributed by atoms with Crippen LogP contribution in [-0.4, -0.2) is 95.1 Å². The number of carbonyl (C=O) groups is 2. The molecule has 0 unspecified atom stereocenters. The fourth-order valence-corrected chi connectivity index (χ4v) is 3.58. The zero-order chi connectivity index (χ0) is 19.3. The van der Waals surface area contributed by atoms with Crippen molar-refractivity contribution < 1.29 is 14.3 Å². The van der Waals surface area contributed by atoms with Crippen LogP contribution in [0, 0.1) is 0 Å². The molecule has 2 amide bonds. The summed E-state index contributed by atoms with van der Waals surface area (Å²) >= 11 is 0. The zero-order valence-corrected chi connectivity index (χ0v) is 15.9. The van der Waals surface area contributed by atoms with Gasteiger partial charge in [0.15, 0.2) is 0 Å². The van der Waals surface area contributed by atoms with Crippen molar-refractivity contribution in [2.45, 2.75) is 0 Å². The number of benzene rings is 1. The Labute approximate surface area is 164 Å². The lowest BCUT2D eigenvalue weighted by atomic mass is 10.1. The molecule has 1 aromatic carbocycles. The normalized spacial score (nSPS) is 18.3. The number of morpholine rings is 1. The van der Waals surface area contributed by atoms with Crippen LogP contribution in [0.4, 0.5) is 0 Å². The van der Waals surface area contributed by atoms with E-state index in [0.717, 1.165) is 18.8 Å². The topological polar surface area (TPSA) is 70.9 Å². The molecule has 0 saturated carbocycles. The molecule has 2 aliphatic heterocycles. The molecule has 2 saturated heterocycles. The Kier molecular flexibility index (Phi) is 5.68. The smallest absolute Gasteiger partial charge is 0.253 e.